The van der Waals surface area contributed by atoms with Gasteiger partial charge in [-0.3, -0.25) is 9.59 Å². The highest BCUT2D eigenvalue weighted by Gasteiger charge is 2.42. The molecule has 2 atom stereocenters. The number of rotatable bonds is 7. The summed E-state index contributed by atoms with van der Waals surface area (Å²) >= 11 is 0. The molecule has 1 heterocycles. The molecule has 0 aliphatic carbocycles. The van der Waals surface area contributed by atoms with Gasteiger partial charge in [-0.2, -0.15) is 0 Å². The Bertz CT molecular complexity index is 850. The first kappa shape index (κ1) is 20.9. The van der Waals surface area contributed by atoms with Gasteiger partial charge in [-0.25, -0.2) is 0 Å². The minimum absolute atomic E-state index is 0.00528. The van der Waals surface area contributed by atoms with Crippen molar-refractivity contribution in [2.24, 2.45) is 5.92 Å². The molecule has 1 N–H and O–H groups in total. The Morgan fingerprint density at radius 1 is 1.14 bits per heavy atom. The molecule has 2 aromatic rings. The zero-order valence-electron chi connectivity index (χ0n) is 17.2. The maximum atomic E-state index is 13.0. The van der Waals surface area contributed by atoms with Gasteiger partial charge in [0.1, 0.15) is 5.75 Å². The molecule has 0 radical (unpaired) electrons. The van der Waals surface area contributed by atoms with Crippen molar-refractivity contribution < 1.29 is 19.1 Å². The molecule has 1 fully saturated rings. The average Bonchev–Trinajstić information content (AvgIpc) is 2.74. The Hall–Kier alpha value is -2.86. The summed E-state index contributed by atoms with van der Waals surface area (Å²) in [7, 11) is 3.20. The summed E-state index contributed by atoms with van der Waals surface area (Å²) in [6.07, 6.45) is 0.810. The normalized spacial score (nSPS) is 19.1. The number of hydrogen-bond donors (Lipinski definition) is 1. The van der Waals surface area contributed by atoms with Crippen LogP contribution in [0.2, 0.25) is 0 Å². The Morgan fingerprint density at radius 2 is 1.86 bits per heavy atom. The molecular weight excluding hydrogens is 368 g/mol. The number of piperidine rings is 1. The number of carbonyl (C=O) groups excluding carboxylic acids is 2. The van der Waals surface area contributed by atoms with Crippen LogP contribution in [0.1, 0.15) is 30.0 Å². The number of nitrogens with one attached hydrogen (secondary N) is 1. The Labute approximate surface area is 171 Å². The summed E-state index contributed by atoms with van der Waals surface area (Å²) in [4.78, 5) is 27.8. The molecule has 2 amide bonds. The van der Waals surface area contributed by atoms with Crippen molar-refractivity contribution in [2.45, 2.75) is 25.8 Å². The molecule has 1 aliphatic heterocycles. The van der Waals surface area contributed by atoms with Crippen molar-refractivity contribution >= 4 is 17.5 Å². The van der Waals surface area contributed by atoms with Crippen LogP contribution in [0, 0.1) is 12.8 Å². The van der Waals surface area contributed by atoms with E-state index < -0.39 is 6.04 Å². The van der Waals surface area contributed by atoms with E-state index in [1.54, 1.807) is 19.1 Å². The van der Waals surface area contributed by atoms with Crippen molar-refractivity contribution in [3.63, 3.8) is 0 Å². The molecule has 0 saturated carbocycles. The lowest BCUT2D eigenvalue weighted by Crippen LogP contribution is -2.48. The highest BCUT2D eigenvalue weighted by atomic mass is 16.5. The van der Waals surface area contributed by atoms with Gasteiger partial charge in [0.25, 0.3) is 0 Å². The van der Waals surface area contributed by atoms with E-state index in [1.165, 1.54) is 0 Å². The third kappa shape index (κ3) is 4.59. The zero-order valence-corrected chi connectivity index (χ0v) is 17.2. The van der Waals surface area contributed by atoms with E-state index in [-0.39, 0.29) is 17.7 Å². The molecule has 2 aromatic carbocycles. The van der Waals surface area contributed by atoms with Crippen molar-refractivity contribution in [1.29, 1.82) is 0 Å². The van der Waals surface area contributed by atoms with Crippen LogP contribution < -0.4 is 15.0 Å². The molecular formula is C23H28N2O4. The smallest absolute Gasteiger partial charge is 0.227 e. The van der Waals surface area contributed by atoms with Crippen LogP contribution in [0.5, 0.6) is 5.75 Å². The minimum atomic E-state index is -0.447. The van der Waals surface area contributed by atoms with E-state index in [0.717, 1.165) is 16.8 Å². The van der Waals surface area contributed by atoms with E-state index in [2.05, 4.69) is 5.32 Å². The van der Waals surface area contributed by atoms with Gasteiger partial charge < -0.3 is 19.7 Å². The van der Waals surface area contributed by atoms with Crippen LogP contribution in [0.15, 0.2) is 48.5 Å². The lowest BCUT2D eigenvalue weighted by molar-refractivity contribution is -0.129. The number of aryl methyl sites for hydroxylation is 1. The fourth-order valence-electron chi connectivity index (χ4n) is 3.85. The second-order valence-electron chi connectivity index (χ2n) is 7.22. The molecule has 6 heteroatoms. The second-order valence-corrected chi connectivity index (χ2v) is 7.22. The molecule has 0 spiro atoms. The summed E-state index contributed by atoms with van der Waals surface area (Å²) < 4.78 is 10.6. The lowest BCUT2D eigenvalue weighted by atomic mass is 9.82. The van der Waals surface area contributed by atoms with Gasteiger partial charge in [-0.15, -0.1) is 0 Å². The average molecular weight is 396 g/mol. The first-order chi connectivity index (χ1) is 14.1. The first-order valence-electron chi connectivity index (χ1n) is 9.85. The molecule has 1 aliphatic rings. The number of carbonyl (C=O) groups is 2. The second kappa shape index (κ2) is 9.56. The summed E-state index contributed by atoms with van der Waals surface area (Å²) in [5.74, 6) is 0.203. The van der Waals surface area contributed by atoms with Gasteiger partial charge in [0, 0.05) is 31.3 Å². The van der Waals surface area contributed by atoms with E-state index in [9.17, 15) is 9.59 Å². The largest absolute Gasteiger partial charge is 0.496 e. The quantitative estimate of drug-likeness (QED) is 0.730. The molecule has 0 aromatic heterocycles. The molecule has 0 bridgehead atoms. The van der Waals surface area contributed by atoms with Gasteiger partial charge in [0.15, 0.2) is 0 Å². The van der Waals surface area contributed by atoms with Crippen LogP contribution in [0.3, 0.4) is 0 Å². The van der Waals surface area contributed by atoms with Crippen LogP contribution in [-0.4, -0.2) is 39.2 Å². The number of methoxy groups -OCH3 is 2. The molecule has 29 heavy (non-hydrogen) atoms. The third-order valence-corrected chi connectivity index (χ3v) is 5.31. The maximum absolute atomic E-state index is 13.0. The van der Waals surface area contributed by atoms with E-state index in [4.69, 9.17) is 9.47 Å². The number of anilines is 1. The molecule has 154 valence electrons. The first-order valence-corrected chi connectivity index (χ1v) is 9.85. The van der Waals surface area contributed by atoms with Gasteiger partial charge in [0.2, 0.25) is 11.8 Å². The highest BCUT2D eigenvalue weighted by Crippen LogP contribution is 2.43. The number of amides is 2. The van der Waals surface area contributed by atoms with Crippen molar-refractivity contribution in [2.75, 3.05) is 32.3 Å². The van der Waals surface area contributed by atoms with E-state index in [1.807, 2.05) is 55.5 Å². The third-order valence-electron chi connectivity index (χ3n) is 5.31. The molecule has 3 rings (SSSR count). The molecule has 2 unspecified atom stereocenters. The van der Waals surface area contributed by atoms with Gasteiger partial charge in [-0.1, -0.05) is 35.9 Å². The predicted octanol–water partition coefficient (Wildman–Crippen LogP) is 3.25. The summed E-state index contributed by atoms with van der Waals surface area (Å²) in [6.45, 7) is 2.88. The fourth-order valence-corrected chi connectivity index (χ4v) is 3.85. The highest BCUT2D eigenvalue weighted by molar-refractivity contribution is 5.97. The van der Waals surface area contributed by atoms with E-state index in [0.29, 0.717) is 31.7 Å². The predicted molar refractivity (Wildman–Crippen MR) is 112 cm³/mol. The monoisotopic (exact) mass is 396 g/mol. The van der Waals surface area contributed by atoms with Crippen molar-refractivity contribution in [3.05, 3.63) is 59.7 Å². The minimum Gasteiger partial charge on any atom is -0.496 e. The summed E-state index contributed by atoms with van der Waals surface area (Å²) in [5.41, 5.74) is 2.72. The van der Waals surface area contributed by atoms with Crippen LogP contribution >= 0.6 is 0 Å². The SMILES string of the molecule is COCCNC(=O)C1CCC(=O)N(c2ccc(C)cc2)C1c1ccccc1OC. The van der Waals surface area contributed by atoms with Crippen LogP contribution in [0.25, 0.3) is 0 Å². The summed E-state index contributed by atoms with van der Waals surface area (Å²) in [5, 5.41) is 2.94. The van der Waals surface area contributed by atoms with Gasteiger partial charge in [-0.05, 0) is 31.5 Å². The van der Waals surface area contributed by atoms with Crippen LogP contribution in [-0.2, 0) is 14.3 Å². The van der Waals surface area contributed by atoms with Crippen molar-refractivity contribution in [1.82, 2.24) is 5.32 Å². The standard InChI is InChI=1S/C23H28N2O4/c1-16-8-10-17(11-9-16)25-21(26)13-12-19(23(27)24-14-15-28-2)22(25)18-6-4-5-7-20(18)29-3/h4-11,19,22H,12-15H2,1-3H3,(H,24,27). The zero-order chi connectivity index (χ0) is 20.8. The van der Waals surface area contributed by atoms with E-state index >= 15 is 0 Å². The topological polar surface area (TPSA) is 67.9 Å². The Balaban J connectivity index is 2.05. The maximum Gasteiger partial charge on any atom is 0.227 e. The summed E-state index contributed by atoms with van der Waals surface area (Å²) in [6, 6.07) is 15.0. The Kier molecular flexibility index (Phi) is 6.88. The fraction of sp³-hybridized carbons (Fsp3) is 0.391. The lowest BCUT2D eigenvalue weighted by Gasteiger charge is -2.41. The number of hydrogen-bond acceptors (Lipinski definition) is 4. The van der Waals surface area contributed by atoms with Crippen molar-refractivity contribution in [3.8, 4) is 5.75 Å². The number of benzene rings is 2. The Morgan fingerprint density at radius 3 is 2.55 bits per heavy atom. The number of para-hydroxylation sites is 1. The van der Waals surface area contributed by atoms with Crippen LogP contribution in [0.4, 0.5) is 5.69 Å². The molecule has 6 nitrogen and oxygen atoms in total. The number of nitrogens with zero attached hydrogens (tertiary/aromatic N) is 1. The number of ether oxygens (including phenoxy) is 2. The van der Waals surface area contributed by atoms with Gasteiger partial charge >= 0.3 is 0 Å². The van der Waals surface area contributed by atoms with Gasteiger partial charge in [0.05, 0.1) is 25.7 Å². The molecule has 1 saturated heterocycles.